The second kappa shape index (κ2) is 31.5. The molecular weight excluding hydrogens is 1330 g/mol. The van der Waals surface area contributed by atoms with Crippen molar-refractivity contribution in [2.75, 3.05) is 31.3 Å². The molecule has 4 aliphatic heterocycles. The summed E-state index contributed by atoms with van der Waals surface area (Å²) < 4.78 is 106. The largest absolute Gasteiger partial charge is 0.587 e. The number of unbranched alkanes of at least 4 members (excludes halogenated alkanes) is 15. The minimum absolute atomic E-state index is 0.0852. The number of hydrogen-bond donors (Lipinski definition) is 2. The molecule has 4 N–H and O–H groups in total. The Kier molecular flexibility index (Phi) is 23.3. The van der Waals surface area contributed by atoms with E-state index < -0.39 is 85.2 Å². The van der Waals surface area contributed by atoms with E-state index in [4.69, 9.17) is 86.1 Å². The van der Waals surface area contributed by atoms with E-state index in [1.54, 1.807) is 92.2 Å². The smallest absolute Gasteiger partial charge is 0.393 e. The SMILES string of the molecule is CCCCCCCCCCCCCCCCCCOC[C@](C)(COP(=O)(Oc1cccc(C[C@]2(C#N)O[C@@H](c3ccc4c(N)ncnn34)C3OC(C)(C)OC32)c1Cl)Oc1cccc(C[C@]2(C#N)O[C@@H](c3ccc4c(N)ncnn34)C3OC(C)(C)OC32)c1Cl)OCc1cc(F)cc(C#N)c1. The van der Waals surface area contributed by atoms with Crippen LogP contribution in [0.5, 0.6) is 11.5 Å². The highest BCUT2D eigenvalue weighted by molar-refractivity contribution is 7.49. The van der Waals surface area contributed by atoms with Gasteiger partial charge in [-0.1, -0.05) is 151 Å². The van der Waals surface area contributed by atoms with Crippen LogP contribution < -0.4 is 20.5 Å². The van der Waals surface area contributed by atoms with Crippen LogP contribution in [-0.2, 0) is 66.4 Å². The van der Waals surface area contributed by atoms with Gasteiger partial charge in [0.25, 0.3) is 0 Å². The maximum absolute atomic E-state index is 16.1. The van der Waals surface area contributed by atoms with Gasteiger partial charge in [0.15, 0.2) is 45.9 Å². The van der Waals surface area contributed by atoms with Crippen LogP contribution in [0.25, 0.3) is 11.0 Å². The minimum Gasteiger partial charge on any atom is -0.393 e. The highest BCUT2D eigenvalue weighted by Gasteiger charge is 2.66. The number of benzene rings is 3. The molecule has 4 aromatic heterocycles. The lowest BCUT2D eigenvalue weighted by molar-refractivity contribution is -0.200. The van der Waals surface area contributed by atoms with Gasteiger partial charge < -0.3 is 58.4 Å². The number of fused-ring (bicyclic) bond motifs is 4. The Morgan fingerprint density at radius 3 is 1.55 bits per heavy atom. The number of nitrogens with two attached hydrogens (primary N) is 2. The number of aromatic nitrogens is 6. The van der Waals surface area contributed by atoms with Crippen molar-refractivity contribution in [1.29, 1.82) is 15.8 Å². The molecule has 3 aromatic carbocycles. The Morgan fingerprint density at radius 1 is 0.626 bits per heavy atom. The zero-order chi connectivity index (χ0) is 70.2. The predicted molar refractivity (Wildman–Crippen MR) is 367 cm³/mol. The first-order valence-electron chi connectivity index (χ1n) is 34.2. The van der Waals surface area contributed by atoms with Crippen molar-refractivity contribution >= 4 is 53.7 Å². The maximum atomic E-state index is 16.1. The Labute approximate surface area is 586 Å². The van der Waals surface area contributed by atoms with Crippen LogP contribution in [0.4, 0.5) is 16.0 Å². The van der Waals surface area contributed by atoms with Crippen LogP contribution in [0.1, 0.15) is 190 Å². The molecule has 11 rings (SSSR count). The van der Waals surface area contributed by atoms with Crippen LogP contribution in [0, 0.1) is 39.8 Å². The normalized spacial score (nSPS) is 24.1. The molecule has 23 nitrogen and oxygen atoms in total. The molecule has 0 aliphatic carbocycles. The van der Waals surface area contributed by atoms with Crippen molar-refractivity contribution < 1.29 is 60.4 Å². The van der Waals surface area contributed by atoms with E-state index in [0.29, 0.717) is 45.7 Å². The molecule has 0 bridgehead atoms. The Balaban J connectivity index is 0.855. The highest BCUT2D eigenvalue weighted by atomic mass is 35.5. The number of nitrogen functional groups attached to an aromatic ring is 2. The van der Waals surface area contributed by atoms with Gasteiger partial charge in [-0.25, -0.2) is 28.0 Å². The van der Waals surface area contributed by atoms with E-state index in [2.05, 4.69) is 39.2 Å². The van der Waals surface area contributed by atoms with Crippen LogP contribution in [0.3, 0.4) is 0 Å². The molecule has 0 spiro atoms. The van der Waals surface area contributed by atoms with Gasteiger partial charge in [0, 0.05) is 19.4 Å². The summed E-state index contributed by atoms with van der Waals surface area (Å²) >= 11 is 14.8. The van der Waals surface area contributed by atoms with Gasteiger partial charge in [-0.05, 0) is 112 Å². The Bertz CT molecular complexity index is 3970. The summed E-state index contributed by atoms with van der Waals surface area (Å²) in [4.78, 5) is 8.25. The fourth-order valence-electron chi connectivity index (χ4n) is 13.7. The summed E-state index contributed by atoms with van der Waals surface area (Å²) in [7, 11) is -5.12. The number of phosphoric ester groups is 1. The number of nitriles is 3. The van der Waals surface area contributed by atoms with Gasteiger partial charge >= 0.3 is 7.82 Å². The number of rotatable bonds is 35. The zero-order valence-corrected chi connectivity index (χ0v) is 59.2. The van der Waals surface area contributed by atoms with Gasteiger partial charge in [-0.2, -0.15) is 26.0 Å². The molecule has 9 atom stereocenters. The van der Waals surface area contributed by atoms with Gasteiger partial charge in [0.05, 0.1) is 52.9 Å². The van der Waals surface area contributed by atoms with Crippen molar-refractivity contribution in [3.05, 3.63) is 141 Å². The van der Waals surface area contributed by atoms with Crippen LogP contribution >= 0.6 is 31.0 Å². The number of hydrogen-bond acceptors (Lipinski definition) is 21. The van der Waals surface area contributed by atoms with Gasteiger partial charge in [0.1, 0.15) is 83.9 Å². The van der Waals surface area contributed by atoms with Crippen LogP contribution in [0.15, 0.2) is 91.5 Å². The second-order valence-corrected chi connectivity index (χ2v) is 29.6. The number of nitrogens with zero attached hydrogens (tertiary/aromatic N) is 9. The quantitative estimate of drug-likeness (QED) is 0.0275. The summed E-state index contributed by atoms with van der Waals surface area (Å²) in [6, 6.07) is 27.1. The van der Waals surface area contributed by atoms with Gasteiger partial charge in [0.2, 0.25) is 0 Å². The predicted octanol–water partition coefficient (Wildman–Crippen LogP) is 15.3. The highest BCUT2D eigenvalue weighted by Crippen LogP contribution is 2.57. The fraction of sp³-hybridized carbons (Fsp3) is 0.542. The molecule has 27 heteroatoms. The number of phosphoric acid groups is 1. The fourth-order valence-corrected chi connectivity index (χ4v) is 15.6. The molecule has 4 fully saturated rings. The number of ether oxygens (including phenoxy) is 8. The molecule has 0 amide bonds. The molecule has 99 heavy (non-hydrogen) atoms. The van der Waals surface area contributed by atoms with Crippen LogP contribution in [-0.4, -0.2) is 102 Å². The topological polar surface area (TPSA) is 302 Å². The molecule has 4 unspecified atom stereocenters. The maximum Gasteiger partial charge on any atom is 0.587 e. The first-order valence-corrected chi connectivity index (χ1v) is 36.4. The third kappa shape index (κ3) is 16.8. The van der Waals surface area contributed by atoms with Crippen molar-refractivity contribution in [2.24, 2.45) is 0 Å². The van der Waals surface area contributed by atoms with Crippen molar-refractivity contribution in [3.8, 4) is 29.7 Å². The Morgan fingerprint density at radius 2 is 1.09 bits per heavy atom. The van der Waals surface area contributed by atoms with Gasteiger partial charge in [-0.15, -0.1) is 0 Å². The third-order valence-corrected chi connectivity index (χ3v) is 20.7. The monoisotopic (exact) mass is 1420 g/mol. The molecule has 4 saturated heterocycles. The third-order valence-electron chi connectivity index (χ3n) is 18.6. The average molecular weight is 1420 g/mol. The van der Waals surface area contributed by atoms with E-state index in [0.717, 1.165) is 31.7 Å². The summed E-state index contributed by atoms with van der Waals surface area (Å²) in [5.41, 5.74) is 10.6. The van der Waals surface area contributed by atoms with E-state index in [-0.39, 0.29) is 64.8 Å². The summed E-state index contributed by atoms with van der Waals surface area (Å²) in [6.07, 6.45) is 16.3. The van der Waals surface area contributed by atoms with Crippen molar-refractivity contribution in [2.45, 2.75) is 229 Å². The van der Waals surface area contributed by atoms with Gasteiger partial charge in [-0.3, -0.25) is 4.52 Å². The average Bonchev–Trinajstić information content (AvgIpc) is 1.57. The Hall–Kier alpha value is -7.05. The van der Waals surface area contributed by atoms with Crippen molar-refractivity contribution in [3.63, 3.8) is 0 Å². The van der Waals surface area contributed by atoms with Crippen LogP contribution in [0.2, 0.25) is 10.0 Å². The molecule has 8 heterocycles. The molecule has 0 radical (unpaired) electrons. The van der Waals surface area contributed by atoms with E-state index in [1.807, 2.05) is 6.07 Å². The zero-order valence-electron chi connectivity index (χ0n) is 56.8. The number of anilines is 2. The summed E-state index contributed by atoms with van der Waals surface area (Å²) in [5, 5.41) is 41.0. The van der Waals surface area contributed by atoms with Crippen molar-refractivity contribution in [1.82, 2.24) is 29.2 Å². The first kappa shape index (κ1) is 73.2. The molecule has 7 aromatic rings. The lowest BCUT2D eigenvalue weighted by Gasteiger charge is -2.31. The number of halogens is 3. The summed E-state index contributed by atoms with van der Waals surface area (Å²) in [6.45, 7) is 10.4. The van der Waals surface area contributed by atoms with E-state index >= 15 is 4.57 Å². The lowest BCUT2D eigenvalue weighted by Crippen LogP contribution is -2.44. The molecule has 4 aliphatic rings. The minimum atomic E-state index is -5.12. The van der Waals surface area contributed by atoms with E-state index in [1.165, 1.54) is 114 Å². The van der Waals surface area contributed by atoms with E-state index in [9.17, 15) is 20.2 Å². The first-order chi connectivity index (χ1) is 47.5. The molecule has 528 valence electrons. The molecular formula is C72H87Cl2FN11O12P. The second-order valence-electron chi connectivity index (χ2n) is 27.3. The molecule has 0 saturated carbocycles. The summed E-state index contributed by atoms with van der Waals surface area (Å²) in [5.74, 6) is -2.87. The lowest BCUT2D eigenvalue weighted by atomic mass is 9.88. The standard InChI is InChI=1S/C72H87Cl2FN11O12P/c1-7-8-9-10-11-12-13-14-15-16-17-18-19-20-21-22-33-88-43-70(6,89-40-48-34-47(39-76)35-51(75)36-48)44-90-99(87,97-56-27-23-25-49(58(56)73)37-71(41-77)64-62(91-68(2,3)95-64)60(93-71)52-29-31-54-66(79)81-45-83-85(52)54)98-57-28-24-26-50(59(57)74)38-72(42-78)65-63(92-69(4,5)96-65)61(94-72)53-30-32-55-67(80)82-46-84-86(53)55/h23-32,34-36,45-46,60-65H,7-22,33,37-38,40,43-44H2,1-6H3,(H2,79,81,83)(H2,80,82,84)/t60-,61-,62?,63?,64?,65?,70+,71+,72+,99?/m0/s1.